The molecule has 0 saturated heterocycles. The highest BCUT2D eigenvalue weighted by atomic mass is 32.2. The van der Waals surface area contributed by atoms with Gasteiger partial charge in [-0.2, -0.15) is 11.8 Å². The van der Waals surface area contributed by atoms with Crippen LogP contribution < -0.4 is 5.32 Å². The van der Waals surface area contributed by atoms with Crippen molar-refractivity contribution in [3.63, 3.8) is 0 Å². The highest BCUT2D eigenvalue weighted by Crippen LogP contribution is 2.29. The molecule has 0 fully saturated rings. The molecule has 0 aliphatic carbocycles. The van der Waals surface area contributed by atoms with E-state index in [4.69, 9.17) is 4.74 Å². The van der Waals surface area contributed by atoms with Crippen LogP contribution in [-0.4, -0.2) is 36.2 Å². The Labute approximate surface area is 110 Å². The van der Waals surface area contributed by atoms with Gasteiger partial charge in [0.2, 0.25) is 0 Å². The first-order valence-electron chi connectivity index (χ1n) is 6.19. The second-order valence-corrected chi connectivity index (χ2v) is 6.99. The van der Waals surface area contributed by atoms with Crippen LogP contribution >= 0.6 is 11.8 Å². The smallest absolute Gasteiger partial charge is 0.325 e. The normalized spacial score (nSPS) is 18.6. The maximum atomic E-state index is 11.7. The Morgan fingerprint density at radius 1 is 1.35 bits per heavy atom. The fourth-order valence-corrected chi connectivity index (χ4v) is 3.14. The molecule has 1 N–H and O–H groups in total. The summed E-state index contributed by atoms with van der Waals surface area (Å²) in [7, 11) is 3.24. The molecule has 0 amide bonds. The molecule has 0 bridgehead atoms. The zero-order chi connectivity index (χ0) is 13.6. The Balaban J connectivity index is 4.43. The minimum atomic E-state index is -0.585. The molecule has 0 aromatic rings. The van der Waals surface area contributed by atoms with Gasteiger partial charge in [0.25, 0.3) is 0 Å². The van der Waals surface area contributed by atoms with Gasteiger partial charge in [0, 0.05) is 10.5 Å². The van der Waals surface area contributed by atoms with E-state index in [-0.39, 0.29) is 5.97 Å². The van der Waals surface area contributed by atoms with E-state index in [1.54, 1.807) is 7.05 Å². The summed E-state index contributed by atoms with van der Waals surface area (Å²) in [5, 5.41) is 4.10. The number of nitrogens with one attached hydrogen (secondary N) is 1. The molecule has 4 heteroatoms. The Morgan fingerprint density at radius 2 is 1.88 bits per heavy atom. The number of methoxy groups -OCH3 is 1. The lowest BCUT2D eigenvalue weighted by atomic mass is 9.96. The maximum Gasteiger partial charge on any atom is 0.325 e. The first-order chi connectivity index (χ1) is 7.76. The van der Waals surface area contributed by atoms with Gasteiger partial charge in [0.15, 0.2) is 0 Å². The van der Waals surface area contributed by atoms with Crippen LogP contribution in [0.2, 0.25) is 0 Å². The number of carbonyl (C=O) groups excluding carboxylic acids is 1. The molecular formula is C13H27NO2S. The average Bonchev–Trinajstić information content (AvgIpc) is 2.27. The second-order valence-electron chi connectivity index (χ2n) is 5.17. The van der Waals surface area contributed by atoms with Crippen molar-refractivity contribution < 1.29 is 9.53 Å². The van der Waals surface area contributed by atoms with Crippen LogP contribution in [0.1, 0.15) is 41.0 Å². The Hall–Kier alpha value is -0.220. The predicted molar refractivity (Wildman–Crippen MR) is 75.5 cm³/mol. The molecule has 3 nitrogen and oxygen atoms in total. The molecule has 0 heterocycles. The summed E-state index contributed by atoms with van der Waals surface area (Å²) in [5.41, 5.74) is -0.585. The zero-order valence-electron chi connectivity index (χ0n) is 12.2. The minimum Gasteiger partial charge on any atom is -0.468 e. The van der Waals surface area contributed by atoms with Crippen molar-refractivity contribution in [1.29, 1.82) is 0 Å². The first kappa shape index (κ1) is 16.8. The van der Waals surface area contributed by atoms with Crippen molar-refractivity contribution in [1.82, 2.24) is 5.32 Å². The van der Waals surface area contributed by atoms with Crippen molar-refractivity contribution in [2.24, 2.45) is 5.92 Å². The SMILES string of the molecule is CNC(C)(CC(C)SC(C)C(C)C)C(=O)OC. The Kier molecular flexibility index (Phi) is 7.17. The van der Waals surface area contributed by atoms with Gasteiger partial charge in [-0.25, -0.2) is 0 Å². The lowest BCUT2D eigenvalue weighted by Crippen LogP contribution is -2.50. The van der Waals surface area contributed by atoms with E-state index in [2.05, 4.69) is 33.0 Å². The van der Waals surface area contributed by atoms with E-state index >= 15 is 0 Å². The second kappa shape index (κ2) is 7.27. The number of rotatable bonds is 7. The maximum absolute atomic E-state index is 11.7. The monoisotopic (exact) mass is 261 g/mol. The van der Waals surface area contributed by atoms with Gasteiger partial charge < -0.3 is 10.1 Å². The summed E-state index contributed by atoms with van der Waals surface area (Å²) in [5.74, 6) is 0.464. The van der Waals surface area contributed by atoms with Crippen LogP contribution in [0.5, 0.6) is 0 Å². The highest BCUT2D eigenvalue weighted by Gasteiger charge is 2.34. The van der Waals surface area contributed by atoms with Gasteiger partial charge in [0.05, 0.1) is 7.11 Å². The lowest BCUT2D eigenvalue weighted by Gasteiger charge is -2.30. The van der Waals surface area contributed by atoms with E-state index in [9.17, 15) is 4.79 Å². The van der Waals surface area contributed by atoms with E-state index in [1.807, 2.05) is 18.7 Å². The van der Waals surface area contributed by atoms with Crippen LogP contribution in [0, 0.1) is 5.92 Å². The number of esters is 1. The Morgan fingerprint density at radius 3 is 2.24 bits per heavy atom. The third-order valence-electron chi connectivity index (χ3n) is 3.27. The summed E-state index contributed by atoms with van der Waals surface area (Å²) in [6.45, 7) is 10.8. The van der Waals surface area contributed by atoms with E-state index in [1.165, 1.54) is 7.11 Å². The molecule has 0 saturated carbocycles. The summed E-state index contributed by atoms with van der Waals surface area (Å²) in [6.07, 6.45) is 0.776. The van der Waals surface area contributed by atoms with E-state index in [0.717, 1.165) is 6.42 Å². The van der Waals surface area contributed by atoms with Crippen molar-refractivity contribution in [3.8, 4) is 0 Å². The van der Waals surface area contributed by atoms with Crippen molar-refractivity contribution in [2.75, 3.05) is 14.2 Å². The zero-order valence-corrected chi connectivity index (χ0v) is 13.0. The van der Waals surface area contributed by atoms with Crippen LogP contribution in [0.3, 0.4) is 0 Å². The third-order valence-corrected chi connectivity index (χ3v) is 4.87. The summed E-state index contributed by atoms with van der Waals surface area (Å²) in [6, 6.07) is 0. The molecule has 0 rings (SSSR count). The summed E-state index contributed by atoms with van der Waals surface area (Å²) < 4.78 is 4.85. The molecular weight excluding hydrogens is 234 g/mol. The van der Waals surface area contributed by atoms with Gasteiger partial charge in [-0.05, 0) is 26.3 Å². The number of likely N-dealkylation sites (N-methyl/N-ethyl adjacent to an activating group) is 1. The average molecular weight is 261 g/mol. The number of ether oxygens (including phenoxy) is 1. The number of thioether (sulfide) groups is 1. The lowest BCUT2D eigenvalue weighted by molar-refractivity contribution is -0.147. The summed E-state index contributed by atoms with van der Waals surface area (Å²) >= 11 is 1.93. The highest BCUT2D eigenvalue weighted by molar-refractivity contribution is 8.00. The molecule has 0 aromatic carbocycles. The van der Waals surface area contributed by atoms with Gasteiger partial charge in [-0.1, -0.05) is 27.7 Å². The molecule has 0 aliphatic rings. The van der Waals surface area contributed by atoms with Crippen LogP contribution in [-0.2, 0) is 9.53 Å². The third kappa shape index (κ3) is 5.30. The van der Waals surface area contributed by atoms with Crippen LogP contribution in [0.25, 0.3) is 0 Å². The van der Waals surface area contributed by atoms with Gasteiger partial charge in [0.1, 0.15) is 5.54 Å². The molecule has 0 spiro atoms. The minimum absolute atomic E-state index is 0.190. The molecule has 3 atom stereocenters. The van der Waals surface area contributed by atoms with Crippen molar-refractivity contribution >= 4 is 17.7 Å². The molecule has 3 unspecified atom stereocenters. The fraction of sp³-hybridized carbons (Fsp3) is 0.923. The van der Waals surface area contributed by atoms with Crippen molar-refractivity contribution in [3.05, 3.63) is 0 Å². The van der Waals surface area contributed by atoms with Gasteiger partial charge in [-0.3, -0.25) is 4.79 Å². The standard InChI is InChI=1S/C13H27NO2S/c1-9(2)11(4)17-10(3)8-13(5,14-6)12(15)16-7/h9-11,14H,8H2,1-7H3. The number of hydrogen-bond donors (Lipinski definition) is 1. The number of carbonyl (C=O) groups is 1. The quantitative estimate of drug-likeness (QED) is 0.715. The molecule has 102 valence electrons. The predicted octanol–water partition coefficient (Wildman–Crippen LogP) is 2.69. The molecule has 0 aliphatic heterocycles. The fourth-order valence-electron chi connectivity index (χ4n) is 1.66. The molecule has 0 aromatic heterocycles. The topological polar surface area (TPSA) is 38.3 Å². The van der Waals surface area contributed by atoms with E-state index in [0.29, 0.717) is 16.4 Å². The van der Waals surface area contributed by atoms with Crippen molar-refractivity contribution in [2.45, 2.75) is 57.1 Å². The first-order valence-corrected chi connectivity index (χ1v) is 7.14. The van der Waals surface area contributed by atoms with E-state index < -0.39 is 5.54 Å². The van der Waals surface area contributed by atoms with Gasteiger partial charge >= 0.3 is 5.97 Å². The molecule has 0 radical (unpaired) electrons. The van der Waals surface area contributed by atoms with Gasteiger partial charge in [-0.15, -0.1) is 0 Å². The van der Waals surface area contributed by atoms with Crippen LogP contribution in [0.4, 0.5) is 0 Å². The largest absolute Gasteiger partial charge is 0.468 e. The molecule has 17 heavy (non-hydrogen) atoms. The number of hydrogen-bond acceptors (Lipinski definition) is 4. The van der Waals surface area contributed by atoms with Crippen LogP contribution in [0.15, 0.2) is 0 Å². The summed E-state index contributed by atoms with van der Waals surface area (Å²) in [4.78, 5) is 11.7. The Bertz CT molecular complexity index is 246.